The predicted molar refractivity (Wildman–Crippen MR) is 87.7 cm³/mol. The standard InChI is InChI=1S/C18H35NO2/c1-4-17(5-2,15-19-12-13-20-3)14-16-8-11-18(21-16)9-6-7-10-18/h16,19H,4-15H2,1-3H3. The van der Waals surface area contributed by atoms with E-state index in [0.717, 1.165) is 19.7 Å². The van der Waals surface area contributed by atoms with Gasteiger partial charge in [-0.05, 0) is 50.4 Å². The number of rotatable bonds is 9. The van der Waals surface area contributed by atoms with E-state index in [1.165, 1.54) is 57.8 Å². The molecule has 1 aliphatic heterocycles. The number of hydrogen-bond donors (Lipinski definition) is 1. The second kappa shape index (κ2) is 7.94. The van der Waals surface area contributed by atoms with Gasteiger partial charge in [0.15, 0.2) is 0 Å². The van der Waals surface area contributed by atoms with E-state index in [1.807, 2.05) is 0 Å². The van der Waals surface area contributed by atoms with Crippen molar-refractivity contribution >= 4 is 0 Å². The van der Waals surface area contributed by atoms with E-state index in [0.29, 0.717) is 11.5 Å². The van der Waals surface area contributed by atoms with Gasteiger partial charge < -0.3 is 14.8 Å². The van der Waals surface area contributed by atoms with Crippen LogP contribution in [0.2, 0.25) is 0 Å². The maximum absolute atomic E-state index is 6.54. The molecule has 1 spiro atoms. The summed E-state index contributed by atoms with van der Waals surface area (Å²) in [6, 6.07) is 0. The summed E-state index contributed by atoms with van der Waals surface area (Å²) in [5.74, 6) is 0. The van der Waals surface area contributed by atoms with Crippen LogP contribution < -0.4 is 5.32 Å². The average Bonchev–Trinajstić information content (AvgIpc) is 3.13. The molecular weight excluding hydrogens is 262 g/mol. The van der Waals surface area contributed by atoms with Gasteiger partial charge in [-0.3, -0.25) is 0 Å². The first kappa shape index (κ1) is 17.2. The third kappa shape index (κ3) is 4.43. The van der Waals surface area contributed by atoms with Crippen LogP contribution in [-0.2, 0) is 9.47 Å². The van der Waals surface area contributed by atoms with Gasteiger partial charge in [0.25, 0.3) is 0 Å². The highest BCUT2D eigenvalue weighted by atomic mass is 16.5. The fourth-order valence-electron chi connectivity index (χ4n) is 4.30. The van der Waals surface area contributed by atoms with Crippen molar-refractivity contribution in [3.63, 3.8) is 0 Å². The first-order valence-corrected chi connectivity index (χ1v) is 9.05. The quantitative estimate of drug-likeness (QED) is 0.655. The molecule has 0 aromatic heterocycles. The SMILES string of the molecule is CCC(CC)(CNCCOC)CC1CCC2(CCCC2)O1. The summed E-state index contributed by atoms with van der Waals surface area (Å²) >= 11 is 0. The molecule has 0 amide bonds. The minimum atomic E-state index is 0.279. The van der Waals surface area contributed by atoms with Crippen LogP contribution in [0.15, 0.2) is 0 Å². The van der Waals surface area contributed by atoms with E-state index in [-0.39, 0.29) is 5.60 Å². The monoisotopic (exact) mass is 297 g/mol. The Morgan fingerprint density at radius 2 is 1.90 bits per heavy atom. The van der Waals surface area contributed by atoms with Crippen LogP contribution in [0.4, 0.5) is 0 Å². The molecule has 1 unspecified atom stereocenters. The Bertz CT molecular complexity index is 296. The Balaban J connectivity index is 1.84. The van der Waals surface area contributed by atoms with Crippen molar-refractivity contribution in [3.05, 3.63) is 0 Å². The molecule has 1 N–H and O–H groups in total. The minimum Gasteiger partial charge on any atom is -0.383 e. The lowest BCUT2D eigenvalue weighted by Gasteiger charge is -2.35. The van der Waals surface area contributed by atoms with Crippen LogP contribution in [0, 0.1) is 5.41 Å². The minimum absolute atomic E-state index is 0.279. The van der Waals surface area contributed by atoms with Crippen LogP contribution >= 0.6 is 0 Å². The summed E-state index contributed by atoms with van der Waals surface area (Å²) in [4.78, 5) is 0. The molecule has 3 heteroatoms. The topological polar surface area (TPSA) is 30.5 Å². The maximum atomic E-state index is 6.54. The molecule has 2 rings (SSSR count). The first-order valence-electron chi connectivity index (χ1n) is 9.05. The summed E-state index contributed by atoms with van der Waals surface area (Å²) in [5.41, 5.74) is 0.671. The van der Waals surface area contributed by atoms with Gasteiger partial charge in [0.2, 0.25) is 0 Å². The van der Waals surface area contributed by atoms with Gasteiger partial charge in [0.05, 0.1) is 18.3 Å². The summed E-state index contributed by atoms with van der Waals surface area (Å²) in [7, 11) is 1.77. The van der Waals surface area contributed by atoms with Crippen molar-refractivity contribution in [2.24, 2.45) is 5.41 Å². The Kier molecular flexibility index (Phi) is 6.51. The maximum Gasteiger partial charge on any atom is 0.0687 e. The smallest absolute Gasteiger partial charge is 0.0687 e. The fourth-order valence-corrected chi connectivity index (χ4v) is 4.30. The molecule has 0 bridgehead atoms. The molecule has 3 nitrogen and oxygen atoms in total. The number of methoxy groups -OCH3 is 1. The van der Waals surface area contributed by atoms with Gasteiger partial charge >= 0.3 is 0 Å². The summed E-state index contributed by atoms with van der Waals surface area (Å²) < 4.78 is 11.7. The fraction of sp³-hybridized carbons (Fsp3) is 1.00. The van der Waals surface area contributed by atoms with E-state index < -0.39 is 0 Å². The second-order valence-electron chi connectivity index (χ2n) is 7.25. The Morgan fingerprint density at radius 3 is 2.52 bits per heavy atom. The van der Waals surface area contributed by atoms with E-state index in [4.69, 9.17) is 9.47 Å². The summed E-state index contributed by atoms with van der Waals surface area (Å²) in [5, 5.41) is 3.58. The van der Waals surface area contributed by atoms with Crippen LogP contribution in [0.5, 0.6) is 0 Å². The molecule has 124 valence electrons. The Hall–Kier alpha value is -0.120. The number of nitrogens with one attached hydrogen (secondary N) is 1. The molecule has 1 aliphatic carbocycles. The first-order chi connectivity index (χ1) is 10.2. The zero-order chi connectivity index (χ0) is 15.2. The van der Waals surface area contributed by atoms with Crippen LogP contribution in [-0.4, -0.2) is 38.5 Å². The lowest BCUT2D eigenvalue weighted by molar-refractivity contribution is -0.0546. The zero-order valence-corrected chi connectivity index (χ0v) is 14.4. The Morgan fingerprint density at radius 1 is 1.19 bits per heavy atom. The molecule has 0 aromatic carbocycles. The van der Waals surface area contributed by atoms with Crippen molar-refractivity contribution in [1.82, 2.24) is 5.32 Å². The second-order valence-corrected chi connectivity index (χ2v) is 7.25. The van der Waals surface area contributed by atoms with Crippen molar-refractivity contribution < 1.29 is 9.47 Å². The molecule has 0 radical (unpaired) electrons. The van der Waals surface area contributed by atoms with Gasteiger partial charge in [-0.2, -0.15) is 0 Å². The Labute approximate surface area is 131 Å². The molecule has 1 atom stereocenters. The third-order valence-corrected chi connectivity index (χ3v) is 6.00. The van der Waals surface area contributed by atoms with Crippen LogP contribution in [0.3, 0.4) is 0 Å². The van der Waals surface area contributed by atoms with E-state index in [9.17, 15) is 0 Å². The number of hydrogen-bond acceptors (Lipinski definition) is 3. The largest absolute Gasteiger partial charge is 0.383 e. The lowest BCUT2D eigenvalue weighted by Crippen LogP contribution is -2.38. The molecule has 1 heterocycles. The normalized spacial score (nSPS) is 25.0. The molecule has 2 aliphatic rings. The van der Waals surface area contributed by atoms with Crippen LogP contribution in [0.1, 0.15) is 71.6 Å². The van der Waals surface area contributed by atoms with Crippen molar-refractivity contribution in [3.8, 4) is 0 Å². The molecule has 1 saturated carbocycles. The predicted octanol–water partition coefficient (Wildman–Crippen LogP) is 3.91. The highest BCUT2D eigenvalue weighted by molar-refractivity contribution is 4.95. The molecule has 21 heavy (non-hydrogen) atoms. The third-order valence-electron chi connectivity index (χ3n) is 6.00. The molecular formula is C18H35NO2. The van der Waals surface area contributed by atoms with E-state index in [2.05, 4.69) is 19.2 Å². The van der Waals surface area contributed by atoms with Gasteiger partial charge in [0, 0.05) is 20.2 Å². The lowest BCUT2D eigenvalue weighted by atomic mass is 9.77. The average molecular weight is 297 g/mol. The molecule has 0 aromatic rings. The van der Waals surface area contributed by atoms with Crippen molar-refractivity contribution in [2.75, 3.05) is 26.8 Å². The summed E-state index contributed by atoms with van der Waals surface area (Å²) in [6.45, 7) is 7.51. The van der Waals surface area contributed by atoms with E-state index in [1.54, 1.807) is 7.11 Å². The van der Waals surface area contributed by atoms with E-state index >= 15 is 0 Å². The van der Waals surface area contributed by atoms with Gasteiger partial charge in [-0.25, -0.2) is 0 Å². The highest BCUT2D eigenvalue weighted by Crippen LogP contribution is 2.46. The van der Waals surface area contributed by atoms with Gasteiger partial charge in [-0.15, -0.1) is 0 Å². The van der Waals surface area contributed by atoms with Crippen molar-refractivity contribution in [2.45, 2.75) is 83.3 Å². The number of ether oxygens (including phenoxy) is 2. The molecule has 1 saturated heterocycles. The highest BCUT2D eigenvalue weighted by Gasteiger charge is 2.44. The molecule has 2 fully saturated rings. The van der Waals surface area contributed by atoms with Crippen LogP contribution in [0.25, 0.3) is 0 Å². The summed E-state index contributed by atoms with van der Waals surface area (Å²) in [6.07, 6.45) is 12.1. The zero-order valence-electron chi connectivity index (χ0n) is 14.4. The van der Waals surface area contributed by atoms with Crippen molar-refractivity contribution in [1.29, 1.82) is 0 Å². The van der Waals surface area contributed by atoms with Gasteiger partial charge in [-0.1, -0.05) is 26.7 Å². The van der Waals surface area contributed by atoms with Gasteiger partial charge in [0.1, 0.15) is 0 Å².